The fraction of sp³-hybridized carbons (Fsp3) is 0.389. The van der Waals surface area contributed by atoms with E-state index in [0.29, 0.717) is 31.1 Å². The van der Waals surface area contributed by atoms with E-state index >= 15 is 0 Å². The summed E-state index contributed by atoms with van der Waals surface area (Å²) in [5, 5.41) is 6.41. The summed E-state index contributed by atoms with van der Waals surface area (Å²) in [7, 11) is 0. The van der Waals surface area contributed by atoms with Crippen molar-refractivity contribution in [2.24, 2.45) is 0 Å². The summed E-state index contributed by atoms with van der Waals surface area (Å²) in [6.45, 7) is 5.14. The number of hydrogen-bond acceptors (Lipinski definition) is 5. The van der Waals surface area contributed by atoms with Crippen molar-refractivity contribution in [3.8, 4) is 0 Å². The Kier molecular flexibility index (Phi) is 5.14. The van der Waals surface area contributed by atoms with Crippen LogP contribution < -0.4 is 10.2 Å². The fourth-order valence-corrected chi connectivity index (χ4v) is 3.09. The Balaban J connectivity index is 1.63. The smallest absolute Gasteiger partial charge is 0.244 e. The van der Waals surface area contributed by atoms with Gasteiger partial charge in [0.1, 0.15) is 0 Å². The number of hydrogen-bond donors (Lipinski definition) is 1. The van der Waals surface area contributed by atoms with Crippen LogP contribution in [0, 0.1) is 6.92 Å². The summed E-state index contributed by atoms with van der Waals surface area (Å²) in [4.78, 5) is 28.7. The second-order valence-electron chi connectivity index (χ2n) is 6.07. The first-order valence-corrected chi connectivity index (χ1v) is 8.42. The quantitative estimate of drug-likeness (QED) is 0.869. The number of para-hydroxylation sites is 1. The van der Waals surface area contributed by atoms with Crippen molar-refractivity contribution < 1.29 is 14.1 Å². The Hall–Kier alpha value is -2.67. The SMILES string of the molecule is CCN(CC(=O)Nc1cc(C)no1)C1CCN(c2ccccc2)C1=O. The van der Waals surface area contributed by atoms with Crippen molar-refractivity contribution in [1.29, 1.82) is 0 Å². The van der Waals surface area contributed by atoms with Crippen LogP contribution in [0.2, 0.25) is 0 Å². The molecule has 3 rings (SSSR count). The monoisotopic (exact) mass is 342 g/mol. The van der Waals surface area contributed by atoms with Gasteiger partial charge in [-0.1, -0.05) is 30.3 Å². The molecule has 2 amide bonds. The molecule has 0 aliphatic carbocycles. The lowest BCUT2D eigenvalue weighted by atomic mass is 10.2. The minimum absolute atomic E-state index is 0.0383. The Morgan fingerprint density at radius 1 is 1.40 bits per heavy atom. The Morgan fingerprint density at radius 3 is 2.80 bits per heavy atom. The van der Waals surface area contributed by atoms with Crippen LogP contribution in [0.5, 0.6) is 0 Å². The normalized spacial score (nSPS) is 17.3. The van der Waals surface area contributed by atoms with Gasteiger partial charge < -0.3 is 9.42 Å². The third kappa shape index (κ3) is 3.88. The molecule has 25 heavy (non-hydrogen) atoms. The molecule has 0 bridgehead atoms. The van der Waals surface area contributed by atoms with Gasteiger partial charge in [-0.2, -0.15) is 0 Å². The summed E-state index contributed by atoms with van der Waals surface area (Å²) in [6.07, 6.45) is 0.705. The second kappa shape index (κ2) is 7.48. The predicted molar refractivity (Wildman–Crippen MR) is 94.3 cm³/mol. The largest absolute Gasteiger partial charge is 0.338 e. The highest BCUT2D eigenvalue weighted by Gasteiger charge is 2.36. The van der Waals surface area contributed by atoms with E-state index in [2.05, 4.69) is 10.5 Å². The van der Waals surface area contributed by atoms with Crippen LogP contribution in [0.1, 0.15) is 19.0 Å². The van der Waals surface area contributed by atoms with E-state index in [9.17, 15) is 9.59 Å². The van der Waals surface area contributed by atoms with Crippen LogP contribution in [0.4, 0.5) is 11.6 Å². The van der Waals surface area contributed by atoms with Crippen molar-refractivity contribution in [3.05, 3.63) is 42.1 Å². The average Bonchev–Trinajstić information content (AvgIpc) is 3.19. The number of carbonyl (C=O) groups excluding carboxylic acids is 2. The molecule has 1 aliphatic rings. The molecule has 1 N–H and O–H groups in total. The molecule has 1 aliphatic heterocycles. The van der Waals surface area contributed by atoms with Crippen LogP contribution >= 0.6 is 0 Å². The molecule has 1 saturated heterocycles. The highest BCUT2D eigenvalue weighted by atomic mass is 16.5. The second-order valence-corrected chi connectivity index (χ2v) is 6.07. The van der Waals surface area contributed by atoms with E-state index < -0.39 is 0 Å². The maximum absolute atomic E-state index is 12.8. The molecule has 7 nitrogen and oxygen atoms in total. The van der Waals surface area contributed by atoms with Gasteiger partial charge in [-0.15, -0.1) is 0 Å². The molecular weight excluding hydrogens is 320 g/mol. The number of rotatable bonds is 6. The van der Waals surface area contributed by atoms with Gasteiger partial charge in [-0.05, 0) is 32.0 Å². The van der Waals surface area contributed by atoms with Crippen molar-refractivity contribution in [2.75, 3.05) is 29.9 Å². The summed E-state index contributed by atoms with van der Waals surface area (Å²) in [5.41, 5.74) is 1.60. The fourth-order valence-electron chi connectivity index (χ4n) is 3.09. The first-order chi connectivity index (χ1) is 12.1. The molecule has 1 aromatic carbocycles. The van der Waals surface area contributed by atoms with E-state index in [1.54, 1.807) is 17.9 Å². The molecule has 2 aromatic rings. The van der Waals surface area contributed by atoms with Crippen LogP contribution in [-0.4, -0.2) is 47.5 Å². The van der Waals surface area contributed by atoms with Crippen molar-refractivity contribution in [3.63, 3.8) is 0 Å². The van der Waals surface area contributed by atoms with Crippen LogP contribution in [0.3, 0.4) is 0 Å². The molecule has 1 unspecified atom stereocenters. The van der Waals surface area contributed by atoms with Gasteiger partial charge in [-0.3, -0.25) is 19.8 Å². The molecule has 0 saturated carbocycles. The zero-order valence-corrected chi connectivity index (χ0v) is 14.4. The predicted octanol–water partition coefficient (Wildman–Crippen LogP) is 2.05. The molecule has 1 atom stereocenters. The Bertz CT molecular complexity index is 744. The molecule has 1 aromatic heterocycles. The number of aromatic nitrogens is 1. The molecule has 1 fully saturated rings. The third-order valence-electron chi connectivity index (χ3n) is 4.33. The van der Waals surface area contributed by atoms with Gasteiger partial charge in [0.15, 0.2) is 0 Å². The molecule has 7 heteroatoms. The van der Waals surface area contributed by atoms with Crippen LogP contribution in [-0.2, 0) is 9.59 Å². The molecule has 0 radical (unpaired) electrons. The zero-order chi connectivity index (χ0) is 17.8. The molecule has 132 valence electrons. The first kappa shape index (κ1) is 17.2. The topological polar surface area (TPSA) is 78.7 Å². The number of nitrogens with one attached hydrogen (secondary N) is 1. The molecule has 2 heterocycles. The van der Waals surface area contributed by atoms with Crippen LogP contribution in [0.25, 0.3) is 0 Å². The van der Waals surface area contributed by atoms with Crippen molar-refractivity contribution in [1.82, 2.24) is 10.1 Å². The van der Waals surface area contributed by atoms with E-state index in [1.165, 1.54) is 0 Å². The van der Waals surface area contributed by atoms with E-state index in [-0.39, 0.29) is 24.4 Å². The average molecular weight is 342 g/mol. The van der Waals surface area contributed by atoms with Crippen molar-refractivity contribution in [2.45, 2.75) is 26.3 Å². The maximum atomic E-state index is 12.8. The van der Waals surface area contributed by atoms with Gasteiger partial charge in [0.2, 0.25) is 17.7 Å². The van der Waals surface area contributed by atoms with E-state index in [4.69, 9.17) is 4.52 Å². The van der Waals surface area contributed by atoms with Gasteiger partial charge in [-0.25, -0.2) is 0 Å². The number of nitrogens with zero attached hydrogens (tertiary/aromatic N) is 3. The molecular formula is C18H22N4O3. The number of carbonyl (C=O) groups is 2. The van der Waals surface area contributed by atoms with E-state index in [1.807, 2.05) is 42.2 Å². The Labute approximate surface area is 146 Å². The number of amides is 2. The van der Waals surface area contributed by atoms with Gasteiger partial charge >= 0.3 is 0 Å². The van der Waals surface area contributed by atoms with Gasteiger partial charge in [0.05, 0.1) is 18.3 Å². The highest BCUT2D eigenvalue weighted by molar-refractivity contribution is 6.00. The van der Waals surface area contributed by atoms with Gasteiger partial charge in [0.25, 0.3) is 0 Å². The standard InChI is InChI=1S/C18H22N4O3/c1-3-21(12-16(23)19-17-11-13(2)20-25-17)15-9-10-22(18(15)24)14-7-5-4-6-8-14/h4-8,11,15H,3,9-10,12H2,1-2H3,(H,19,23). The maximum Gasteiger partial charge on any atom is 0.244 e. The lowest BCUT2D eigenvalue weighted by Crippen LogP contribution is -2.45. The van der Waals surface area contributed by atoms with Crippen LogP contribution in [0.15, 0.2) is 40.9 Å². The summed E-state index contributed by atoms with van der Waals surface area (Å²) in [5.74, 6) is 0.141. The van der Waals surface area contributed by atoms with Crippen molar-refractivity contribution >= 4 is 23.4 Å². The summed E-state index contributed by atoms with van der Waals surface area (Å²) >= 11 is 0. The summed E-state index contributed by atoms with van der Waals surface area (Å²) < 4.78 is 5.00. The lowest BCUT2D eigenvalue weighted by molar-refractivity contribution is -0.123. The number of likely N-dealkylation sites (N-methyl/N-ethyl adjacent to an activating group) is 1. The molecule has 0 spiro atoms. The van der Waals surface area contributed by atoms with Gasteiger partial charge in [0, 0.05) is 18.3 Å². The number of anilines is 2. The third-order valence-corrected chi connectivity index (χ3v) is 4.33. The number of aryl methyl sites for hydroxylation is 1. The lowest BCUT2D eigenvalue weighted by Gasteiger charge is -2.25. The highest BCUT2D eigenvalue weighted by Crippen LogP contribution is 2.24. The number of benzene rings is 1. The minimum atomic E-state index is -0.285. The Morgan fingerprint density at radius 2 is 2.16 bits per heavy atom. The van der Waals surface area contributed by atoms with E-state index in [0.717, 1.165) is 5.69 Å². The minimum Gasteiger partial charge on any atom is -0.338 e. The summed E-state index contributed by atoms with van der Waals surface area (Å²) in [6, 6.07) is 11.0. The zero-order valence-electron chi connectivity index (χ0n) is 14.4. The first-order valence-electron chi connectivity index (χ1n) is 8.42.